The maximum atomic E-state index is 4.67. The summed E-state index contributed by atoms with van der Waals surface area (Å²) < 4.78 is 1.02. The van der Waals surface area contributed by atoms with Crippen LogP contribution in [0.1, 0.15) is 16.8 Å². The van der Waals surface area contributed by atoms with Crippen LogP contribution in [0.5, 0.6) is 0 Å². The molecule has 0 aliphatic heterocycles. The Morgan fingerprint density at radius 1 is 1.00 bits per heavy atom. The molecule has 3 aromatic rings. The first kappa shape index (κ1) is 17.4. The van der Waals surface area contributed by atoms with Gasteiger partial charge in [-0.1, -0.05) is 36.4 Å². The molecule has 0 saturated heterocycles. The van der Waals surface area contributed by atoms with Crippen LogP contribution >= 0.6 is 15.9 Å². The lowest BCUT2D eigenvalue weighted by Crippen LogP contribution is -2.19. The minimum Gasteiger partial charge on any atom is -0.339 e. The van der Waals surface area contributed by atoms with E-state index in [2.05, 4.69) is 67.3 Å². The summed E-state index contributed by atoms with van der Waals surface area (Å²) in [6.45, 7) is 4.81. The standard InChI is InChI=1S/C20H21BrN4/c1-14-9-10-18(17(21)11-14)23-19-12-15(2)22-20(24-19)25(3)13-16-7-5-4-6-8-16/h4-12H,13H2,1-3H3,(H,22,23,24). The van der Waals surface area contributed by atoms with Crippen LogP contribution in [0.15, 0.2) is 59.1 Å². The van der Waals surface area contributed by atoms with Crippen LogP contribution in [0.4, 0.5) is 17.5 Å². The normalized spacial score (nSPS) is 10.6. The lowest BCUT2D eigenvalue weighted by Gasteiger charge is -2.19. The Kier molecular flexibility index (Phi) is 5.34. The SMILES string of the molecule is Cc1ccc(Nc2cc(C)nc(N(C)Cc3ccccc3)n2)c(Br)c1. The highest BCUT2D eigenvalue weighted by Gasteiger charge is 2.09. The van der Waals surface area contributed by atoms with Crippen LogP contribution in [0.2, 0.25) is 0 Å². The summed E-state index contributed by atoms with van der Waals surface area (Å²) in [5.41, 5.74) is 4.35. The molecular weight excluding hydrogens is 376 g/mol. The van der Waals surface area contributed by atoms with Gasteiger partial charge in [-0.3, -0.25) is 0 Å². The lowest BCUT2D eigenvalue weighted by atomic mass is 10.2. The molecule has 0 atom stereocenters. The van der Waals surface area contributed by atoms with Crippen molar-refractivity contribution in [1.82, 2.24) is 9.97 Å². The molecule has 0 unspecified atom stereocenters. The maximum absolute atomic E-state index is 4.67. The van der Waals surface area contributed by atoms with E-state index in [1.54, 1.807) is 0 Å². The Morgan fingerprint density at radius 2 is 1.76 bits per heavy atom. The third kappa shape index (κ3) is 4.57. The first-order chi connectivity index (χ1) is 12.0. The van der Waals surface area contributed by atoms with E-state index in [0.29, 0.717) is 5.95 Å². The van der Waals surface area contributed by atoms with Crippen LogP contribution in [-0.2, 0) is 6.54 Å². The minimum atomic E-state index is 0.703. The van der Waals surface area contributed by atoms with Gasteiger partial charge >= 0.3 is 0 Å². The van der Waals surface area contributed by atoms with Crippen LogP contribution in [-0.4, -0.2) is 17.0 Å². The second-order valence-electron chi connectivity index (χ2n) is 6.14. The summed E-state index contributed by atoms with van der Waals surface area (Å²) in [6.07, 6.45) is 0. The molecule has 1 aromatic heterocycles. The largest absolute Gasteiger partial charge is 0.339 e. The molecule has 0 fully saturated rings. The number of anilines is 3. The van der Waals surface area contributed by atoms with E-state index in [4.69, 9.17) is 0 Å². The van der Waals surface area contributed by atoms with Gasteiger partial charge in [0.25, 0.3) is 0 Å². The smallest absolute Gasteiger partial charge is 0.227 e. The van der Waals surface area contributed by atoms with Gasteiger partial charge < -0.3 is 10.2 Å². The molecule has 0 bridgehead atoms. The predicted molar refractivity (Wildman–Crippen MR) is 107 cm³/mol. The molecule has 2 aromatic carbocycles. The van der Waals surface area contributed by atoms with Gasteiger partial charge in [0.05, 0.1) is 5.69 Å². The average molecular weight is 397 g/mol. The molecule has 4 nitrogen and oxygen atoms in total. The summed E-state index contributed by atoms with van der Waals surface area (Å²) in [5, 5.41) is 3.37. The van der Waals surface area contributed by atoms with Crippen molar-refractivity contribution in [2.75, 3.05) is 17.3 Å². The highest BCUT2D eigenvalue weighted by molar-refractivity contribution is 9.10. The van der Waals surface area contributed by atoms with Crippen molar-refractivity contribution in [1.29, 1.82) is 0 Å². The third-order valence-corrected chi connectivity index (χ3v) is 4.49. The molecule has 128 valence electrons. The fourth-order valence-electron chi connectivity index (χ4n) is 2.58. The van der Waals surface area contributed by atoms with E-state index < -0.39 is 0 Å². The van der Waals surface area contributed by atoms with Gasteiger partial charge in [-0.15, -0.1) is 0 Å². The fraction of sp³-hybridized carbons (Fsp3) is 0.200. The van der Waals surface area contributed by atoms with E-state index in [9.17, 15) is 0 Å². The van der Waals surface area contributed by atoms with Crippen molar-refractivity contribution in [2.24, 2.45) is 0 Å². The van der Waals surface area contributed by atoms with Gasteiger partial charge in [0.15, 0.2) is 0 Å². The number of rotatable bonds is 5. The minimum absolute atomic E-state index is 0.703. The first-order valence-electron chi connectivity index (χ1n) is 8.15. The lowest BCUT2D eigenvalue weighted by molar-refractivity contribution is 0.861. The van der Waals surface area contributed by atoms with Gasteiger partial charge in [-0.05, 0) is 53.0 Å². The maximum Gasteiger partial charge on any atom is 0.227 e. The Balaban J connectivity index is 1.82. The first-order valence-corrected chi connectivity index (χ1v) is 8.94. The molecule has 25 heavy (non-hydrogen) atoms. The highest BCUT2D eigenvalue weighted by Crippen LogP contribution is 2.27. The number of aromatic nitrogens is 2. The van der Waals surface area contributed by atoms with E-state index >= 15 is 0 Å². The summed E-state index contributed by atoms with van der Waals surface area (Å²) in [5.74, 6) is 1.49. The Bertz CT molecular complexity index is 865. The molecule has 1 heterocycles. The molecule has 0 amide bonds. The number of hydrogen-bond acceptors (Lipinski definition) is 4. The Morgan fingerprint density at radius 3 is 2.48 bits per heavy atom. The van der Waals surface area contributed by atoms with E-state index in [-0.39, 0.29) is 0 Å². The molecule has 0 saturated carbocycles. The van der Waals surface area contributed by atoms with Gasteiger partial charge in [-0.2, -0.15) is 4.98 Å². The Hall–Kier alpha value is -2.40. The van der Waals surface area contributed by atoms with Gasteiger partial charge in [0.2, 0.25) is 5.95 Å². The predicted octanol–water partition coefficient (Wildman–Crippen LogP) is 5.24. The van der Waals surface area contributed by atoms with Crippen molar-refractivity contribution >= 4 is 33.4 Å². The van der Waals surface area contributed by atoms with Gasteiger partial charge in [0.1, 0.15) is 5.82 Å². The highest BCUT2D eigenvalue weighted by atomic mass is 79.9. The van der Waals surface area contributed by atoms with Gasteiger partial charge in [-0.25, -0.2) is 4.98 Å². The average Bonchev–Trinajstić information content (AvgIpc) is 2.58. The zero-order chi connectivity index (χ0) is 17.8. The van der Waals surface area contributed by atoms with Crippen molar-refractivity contribution in [3.05, 3.63) is 75.9 Å². The van der Waals surface area contributed by atoms with Crippen LogP contribution < -0.4 is 10.2 Å². The molecule has 0 aliphatic carbocycles. The second kappa shape index (κ2) is 7.66. The number of aryl methyl sites for hydroxylation is 2. The van der Waals surface area contributed by atoms with Crippen molar-refractivity contribution in [3.8, 4) is 0 Å². The van der Waals surface area contributed by atoms with Crippen LogP contribution in [0.3, 0.4) is 0 Å². The van der Waals surface area contributed by atoms with Crippen LogP contribution in [0.25, 0.3) is 0 Å². The van der Waals surface area contributed by atoms with Crippen molar-refractivity contribution in [2.45, 2.75) is 20.4 Å². The van der Waals surface area contributed by atoms with E-state index in [1.807, 2.05) is 44.3 Å². The van der Waals surface area contributed by atoms with E-state index in [0.717, 1.165) is 28.2 Å². The Labute approximate surface area is 157 Å². The topological polar surface area (TPSA) is 41.1 Å². The molecule has 3 rings (SSSR count). The number of hydrogen-bond donors (Lipinski definition) is 1. The second-order valence-corrected chi connectivity index (χ2v) is 7.00. The number of nitrogens with zero attached hydrogens (tertiary/aromatic N) is 3. The summed E-state index contributed by atoms with van der Waals surface area (Å²) in [7, 11) is 2.01. The number of benzene rings is 2. The van der Waals surface area contributed by atoms with Crippen molar-refractivity contribution < 1.29 is 0 Å². The molecular formula is C20H21BrN4. The third-order valence-electron chi connectivity index (χ3n) is 3.83. The molecule has 0 spiro atoms. The molecule has 1 N–H and O–H groups in total. The molecule has 5 heteroatoms. The summed E-state index contributed by atoms with van der Waals surface area (Å²) in [4.78, 5) is 11.3. The van der Waals surface area contributed by atoms with Gasteiger partial charge in [0, 0.05) is 29.8 Å². The number of halogens is 1. The zero-order valence-corrected chi connectivity index (χ0v) is 16.2. The monoisotopic (exact) mass is 396 g/mol. The van der Waals surface area contributed by atoms with Crippen molar-refractivity contribution in [3.63, 3.8) is 0 Å². The number of nitrogens with one attached hydrogen (secondary N) is 1. The molecule has 0 radical (unpaired) electrons. The molecule has 0 aliphatic rings. The summed E-state index contributed by atoms with van der Waals surface area (Å²) >= 11 is 3.60. The summed E-state index contributed by atoms with van der Waals surface area (Å²) in [6, 6.07) is 18.5. The van der Waals surface area contributed by atoms with Crippen LogP contribution in [0, 0.1) is 13.8 Å². The van der Waals surface area contributed by atoms with E-state index in [1.165, 1.54) is 11.1 Å². The quantitative estimate of drug-likeness (QED) is 0.640. The zero-order valence-electron chi connectivity index (χ0n) is 14.6. The fourth-order valence-corrected chi connectivity index (χ4v) is 3.17.